The van der Waals surface area contributed by atoms with Gasteiger partial charge < -0.3 is 4.74 Å². The third-order valence-electron chi connectivity index (χ3n) is 3.66. The van der Waals surface area contributed by atoms with E-state index in [1.807, 2.05) is 30.3 Å². The highest BCUT2D eigenvalue weighted by atomic mass is 35.7. The summed E-state index contributed by atoms with van der Waals surface area (Å²) in [5, 5.41) is 1.07. The van der Waals surface area contributed by atoms with Crippen LogP contribution in [0.3, 0.4) is 0 Å². The summed E-state index contributed by atoms with van der Waals surface area (Å²) in [6, 6.07) is 26.9. The molecular weight excluding hydrogens is 323 g/mol. The van der Waals surface area contributed by atoms with Gasteiger partial charge in [0.25, 0.3) is 0 Å². The zero-order valence-electron chi connectivity index (χ0n) is 12.7. The van der Waals surface area contributed by atoms with Crippen LogP contribution in [-0.2, 0) is 13.0 Å². The summed E-state index contributed by atoms with van der Waals surface area (Å²) in [5.41, 5.74) is 3.61. The average molecular weight is 341 g/mol. The van der Waals surface area contributed by atoms with Gasteiger partial charge in [0, 0.05) is 19.7 Å². The molecule has 0 spiro atoms. The van der Waals surface area contributed by atoms with Gasteiger partial charge in [-0.3, -0.25) is 0 Å². The molecule has 0 aliphatic rings. The first-order valence-corrected chi connectivity index (χ1v) is 9.57. The number of rotatable bonds is 6. The largest absolute Gasteiger partial charge is 0.488 e. The highest BCUT2D eigenvalue weighted by molar-refractivity contribution is 7.75. The van der Waals surface area contributed by atoms with Crippen LogP contribution in [0.1, 0.15) is 16.7 Å². The minimum absolute atomic E-state index is 0.201. The lowest BCUT2D eigenvalue weighted by molar-refractivity contribution is 0.306. The van der Waals surface area contributed by atoms with Crippen molar-refractivity contribution in [3.63, 3.8) is 0 Å². The van der Waals surface area contributed by atoms with Gasteiger partial charge in [-0.1, -0.05) is 84.0 Å². The van der Waals surface area contributed by atoms with E-state index in [2.05, 4.69) is 48.5 Å². The number of hydrogen-bond acceptors (Lipinski definition) is 1. The summed E-state index contributed by atoms with van der Waals surface area (Å²) in [6.45, 7) is 0.557. The van der Waals surface area contributed by atoms with E-state index < -0.39 is 0 Å². The molecule has 23 heavy (non-hydrogen) atoms. The first-order chi connectivity index (χ1) is 11.4. The summed E-state index contributed by atoms with van der Waals surface area (Å²) < 4.78 is 6.14. The van der Waals surface area contributed by atoms with Crippen molar-refractivity contribution in [1.82, 2.24) is 0 Å². The lowest BCUT2D eigenvalue weighted by Gasteiger charge is -2.15. The van der Waals surface area contributed by atoms with Crippen LogP contribution in [0.2, 0.25) is 0 Å². The predicted octanol–water partition coefficient (Wildman–Crippen LogP) is 5.31. The Bertz CT molecular complexity index is 744. The Morgan fingerprint density at radius 1 is 0.739 bits per heavy atom. The molecule has 0 radical (unpaired) electrons. The molecule has 0 saturated carbocycles. The maximum atomic E-state index is 6.14. The second-order valence-electron chi connectivity index (χ2n) is 5.32. The third kappa shape index (κ3) is 4.34. The molecule has 0 bridgehead atoms. The van der Waals surface area contributed by atoms with Crippen molar-refractivity contribution in [3.05, 3.63) is 95.6 Å². The van der Waals surface area contributed by atoms with E-state index in [1.54, 1.807) is 0 Å². The van der Waals surface area contributed by atoms with E-state index in [1.165, 1.54) is 11.1 Å². The van der Waals surface area contributed by atoms with Crippen LogP contribution in [-0.4, -0.2) is 0 Å². The monoisotopic (exact) mass is 340 g/mol. The molecule has 1 atom stereocenters. The van der Waals surface area contributed by atoms with Crippen molar-refractivity contribution in [2.45, 2.75) is 13.0 Å². The number of para-hydroxylation sites is 1. The summed E-state index contributed by atoms with van der Waals surface area (Å²) >= 11 is 6.14. The summed E-state index contributed by atoms with van der Waals surface area (Å²) in [7, 11) is 0.201. The highest BCUT2D eigenvalue weighted by Gasteiger charge is 2.10. The molecule has 1 unspecified atom stereocenters. The van der Waals surface area contributed by atoms with Crippen molar-refractivity contribution < 1.29 is 4.74 Å². The Balaban J connectivity index is 1.84. The summed E-state index contributed by atoms with van der Waals surface area (Å²) in [5.74, 6) is 0.925. The van der Waals surface area contributed by atoms with E-state index in [0.29, 0.717) is 6.61 Å². The van der Waals surface area contributed by atoms with E-state index >= 15 is 0 Å². The smallest absolute Gasteiger partial charge is 0.131 e. The van der Waals surface area contributed by atoms with Crippen LogP contribution in [0.5, 0.6) is 5.75 Å². The predicted molar refractivity (Wildman–Crippen MR) is 100 cm³/mol. The second kappa shape index (κ2) is 8.15. The van der Waals surface area contributed by atoms with E-state index in [9.17, 15) is 0 Å². The molecule has 0 aliphatic carbocycles. The maximum absolute atomic E-state index is 6.14. The third-order valence-corrected chi connectivity index (χ3v) is 4.87. The minimum Gasteiger partial charge on any atom is -0.488 e. The molecule has 3 rings (SSSR count). The van der Waals surface area contributed by atoms with Gasteiger partial charge in [0.05, 0.1) is 0 Å². The maximum Gasteiger partial charge on any atom is 0.131 e. The van der Waals surface area contributed by atoms with Gasteiger partial charge in [-0.25, -0.2) is 0 Å². The Morgan fingerprint density at radius 2 is 1.39 bits per heavy atom. The zero-order valence-corrected chi connectivity index (χ0v) is 14.5. The SMILES string of the molecule is ClPc1cccc(Cc2ccccc2)c1OCc1ccccc1. The normalized spacial score (nSPS) is 11.0. The fraction of sp³-hybridized carbons (Fsp3) is 0.100. The Labute approximate surface area is 143 Å². The van der Waals surface area contributed by atoms with Crippen LogP contribution >= 0.6 is 19.2 Å². The fourth-order valence-electron chi connectivity index (χ4n) is 2.51. The molecule has 116 valence electrons. The lowest BCUT2D eigenvalue weighted by Crippen LogP contribution is -2.07. The van der Waals surface area contributed by atoms with Crippen molar-refractivity contribution in [2.24, 2.45) is 0 Å². The first kappa shape index (κ1) is 16.1. The second-order valence-corrected chi connectivity index (χ2v) is 6.62. The van der Waals surface area contributed by atoms with Gasteiger partial charge in [-0.15, -0.1) is 0 Å². The van der Waals surface area contributed by atoms with Gasteiger partial charge in [0.1, 0.15) is 12.4 Å². The summed E-state index contributed by atoms with van der Waals surface area (Å²) in [6.07, 6.45) is 0.847. The average Bonchev–Trinajstić information content (AvgIpc) is 2.62. The van der Waals surface area contributed by atoms with E-state index in [-0.39, 0.29) is 7.93 Å². The first-order valence-electron chi connectivity index (χ1n) is 7.56. The molecular formula is C20H18ClOP. The van der Waals surface area contributed by atoms with Crippen molar-refractivity contribution in [3.8, 4) is 5.75 Å². The van der Waals surface area contributed by atoms with Gasteiger partial charge in [0.15, 0.2) is 0 Å². The number of benzene rings is 3. The highest BCUT2D eigenvalue weighted by Crippen LogP contribution is 2.28. The number of hydrogen-bond donors (Lipinski definition) is 0. The van der Waals surface area contributed by atoms with Crippen molar-refractivity contribution in [1.29, 1.82) is 0 Å². The molecule has 0 amide bonds. The van der Waals surface area contributed by atoms with Crippen LogP contribution < -0.4 is 10.0 Å². The van der Waals surface area contributed by atoms with E-state index in [4.69, 9.17) is 16.0 Å². The van der Waals surface area contributed by atoms with Crippen LogP contribution in [0.15, 0.2) is 78.9 Å². The quantitative estimate of drug-likeness (QED) is 0.552. The van der Waals surface area contributed by atoms with Gasteiger partial charge in [-0.05, 0) is 22.8 Å². The lowest BCUT2D eigenvalue weighted by atomic mass is 10.0. The fourth-order valence-corrected chi connectivity index (χ4v) is 3.44. The summed E-state index contributed by atoms with van der Waals surface area (Å²) in [4.78, 5) is 0. The van der Waals surface area contributed by atoms with Gasteiger partial charge in [-0.2, -0.15) is 0 Å². The molecule has 0 heterocycles. The molecule has 3 aromatic rings. The Hall–Kier alpha value is -1.82. The van der Waals surface area contributed by atoms with E-state index in [0.717, 1.165) is 23.0 Å². The molecule has 0 saturated heterocycles. The van der Waals surface area contributed by atoms with Crippen molar-refractivity contribution >= 4 is 24.5 Å². The Kier molecular flexibility index (Phi) is 5.69. The topological polar surface area (TPSA) is 9.23 Å². The molecule has 0 fully saturated rings. The van der Waals surface area contributed by atoms with Gasteiger partial charge >= 0.3 is 0 Å². The molecule has 1 nitrogen and oxygen atoms in total. The van der Waals surface area contributed by atoms with Crippen molar-refractivity contribution in [2.75, 3.05) is 0 Å². The molecule has 0 aromatic heterocycles. The Morgan fingerprint density at radius 3 is 2.04 bits per heavy atom. The van der Waals surface area contributed by atoms with Gasteiger partial charge in [0.2, 0.25) is 0 Å². The van der Waals surface area contributed by atoms with Crippen LogP contribution in [0.25, 0.3) is 0 Å². The molecule has 0 aliphatic heterocycles. The molecule has 3 heteroatoms. The zero-order chi connectivity index (χ0) is 15.9. The number of halogens is 1. The number of ether oxygens (including phenoxy) is 1. The standard InChI is InChI=1S/C20H18ClOP/c21-23-19-13-7-12-18(14-16-8-3-1-4-9-16)20(19)22-15-17-10-5-2-6-11-17/h1-13,23H,14-15H2. The van der Waals surface area contributed by atoms with Crippen LogP contribution in [0, 0.1) is 0 Å². The molecule has 3 aromatic carbocycles. The minimum atomic E-state index is 0.201. The molecule has 0 N–H and O–H groups in total. The van der Waals surface area contributed by atoms with Crippen LogP contribution in [0.4, 0.5) is 0 Å².